The van der Waals surface area contributed by atoms with E-state index in [0.717, 1.165) is 41.2 Å². The van der Waals surface area contributed by atoms with Crippen LogP contribution < -0.4 is 5.01 Å². The third-order valence-corrected chi connectivity index (χ3v) is 6.23. The number of aryl methyl sites for hydroxylation is 1. The molecule has 0 N–H and O–H groups in total. The molecule has 1 aliphatic carbocycles. The lowest BCUT2D eigenvalue weighted by atomic mass is 10.0. The fraction of sp³-hybridized carbons (Fsp3) is 0.172. The van der Waals surface area contributed by atoms with Gasteiger partial charge in [-0.1, -0.05) is 54.6 Å². The summed E-state index contributed by atoms with van der Waals surface area (Å²) in [5, 5.41) is 5.57. The van der Waals surface area contributed by atoms with Crippen molar-refractivity contribution in [2.75, 3.05) is 11.6 Å². The van der Waals surface area contributed by atoms with Crippen molar-refractivity contribution in [3.63, 3.8) is 0 Å². The summed E-state index contributed by atoms with van der Waals surface area (Å²) in [6.45, 7) is -0.716. The van der Waals surface area contributed by atoms with Crippen LogP contribution in [0, 0.1) is 0 Å². The lowest BCUT2D eigenvalue weighted by molar-refractivity contribution is -0.137. The number of halogens is 3. The molecule has 9 heteroatoms. The van der Waals surface area contributed by atoms with Crippen LogP contribution in [0.5, 0.6) is 0 Å². The van der Waals surface area contributed by atoms with Crippen molar-refractivity contribution in [2.24, 2.45) is 5.10 Å². The minimum atomic E-state index is -4.61. The van der Waals surface area contributed by atoms with Crippen LogP contribution >= 0.6 is 0 Å². The average Bonchev–Trinajstić information content (AvgIpc) is 3.39. The number of rotatable bonds is 6. The highest BCUT2D eigenvalue weighted by atomic mass is 19.4. The largest absolute Gasteiger partial charge is 0.452 e. The molecule has 0 atom stereocenters. The van der Waals surface area contributed by atoms with Gasteiger partial charge < -0.3 is 4.74 Å². The fourth-order valence-electron chi connectivity index (χ4n) is 4.46. The van der Waals surface area contributed by atoms with Gasteiger partial charge in [-0.15, -0.1) is 0 Å². The van der Waals surface area contributed by atoms with Gasteiger partial charge in [0.15, 0.2) is 6.61 Å². The summed E-state index contributed by atoms with van der Waals surface area (Å²) in [5.41, 5.74) is 2.26. The number of nitrogens with zero attached hydrogens (tertiary/aromatic N) is 3. The second kappa shape index (κ2) is 10.5. The van der Waals surface area contributed by atoms with E-state index in [9.17, 15) is 22.8 Å². The molecular formula is C29H22F3N3O3. The summed E-state index contributed by atoms with van der Waals surface area (Å²) in [4.78, 5) is 31.1. The van der Waals surface area contributed by atoms with E-state index < -0.39 is 30.2 Å². The number of hydrogen-bond acceptors (Lipinski definition) is 5. The van der Waals surface area contributed by atoms with Crippen LogP contribution in [-0.2, 0) is 28.5 Å². The van der Waals surface area contributed by atoms with Crippen LogP contribution in [0.15, 0.2) is 84.0 Å². The molecular weight excluding hydrogens is 495 g/mol. The smallest absolute Gasteiger partial charge is 0.416 e. The summed E-state index contributed by atoms with van der Waals surface area (Å²) >= 11 is 0. The Hall–Kier alpha value is -4.53. The molecule has 0 fully saturated rings. The van der Waals surface area contributed by atoms with Crippen molar-refractivity contribution in [3.05, 3.63) is 107 Å². The molecule has 0 aliphatic heterocycles. The molecule has 0 bridgehead atoms. The highest BCUT2D eigenvalue weighted by Gasteiger charge is 2.32. The van der Waals surface area contributed by atoms with E-state index in [4.69, 9.17) is 4.74 Å². The number of ether oxygens (including phenoxy) is 1. The van der Waals surface area contributed by atoms with Gasteiger partial charge in [0.2, 0.25) is 0 Å². The summed E-state index contributed by atoms with van der Waals surface area (Å²) in [6, 6.07) is 20.2. The SMILES string of the molecule is O=C(OCC(=O)N(/N=C\c1ccccc1)c1cccc(C(F)(F)F)c1)c1c2c(nc3ccccc13)CCC2. The van der Waals surface area contributed by atoms with Crippen LogP contribution in [0.25, 0.3) is 10.9 Å². The Morgan fingerprint density at radius 2 is 1.74 bits per heavy atom. The van der Waals surface area contributed by atoms with Crippen LogP contribution in [0.1, 0.15) is 39.2 Å². The first-order valence-electron chi connectivity index (χ1n) is 12.0. The van der Waals surface area contributed by atoms with Gasteiger partial charge in [-0.2, -0.15) is 23.3 Å². The molecule has 38 heavy (non-hydrogen) atoms. The van der Waals surface area contributed by atoms with Gasteiger partial charge in [0.05, 0.1) is 28.5 Å². The maximum Gasteiger partial charge on any atom is 0.416 e. The zero-order chi connectivity index (χ0) is 26.7. The van der Waals surface area contributed by atoms with Crippen molar-refractivity contribution < 1.29 is 27.5 Å². The molecule has 0 radical (unpaired) electrons. The molecule has 0 unspecified atom stereocenters. The standard InChI is InChI=1S/C29H22F3N3O3/c30-29(31,32)20-10-6-11-21(16-20)35(33-17-19-8-2-1-3-9-19)26(36)18-38-28(37)27-22-12-4-5-14-24(22)34-25-15-7-13-23(25)27/h1-6,8-12,14,16-17H,7,13,15,18H2/b33-17-. The second-order valence-corrected chi connectivity index (χ2v) is 8.77. The van der Waals surface area contributed by atoms with Crippen molar-refractivity contribution in [1.29, 1.82) is 0 Å². The highest BCUT2D eigenvalue weighted by Crippen LogP contribution is 2.32. The molecule has 4 aromatic rings. The number of fused-ring (bicyclic) bond motifs is 2. The first-order chi connectivity index (χ1) is 18.3. The third kappa shape index (κ3) is 5.27. The molecule has 192 valence electrons. The quantitative estimate of drug-likeness (QED) is 0.180. The number of para-hydroxylation sites is 1. The predicted octanol–water partition coefficient (Wildman–Crippen LogP) is 5.97. The summed E-state index contributed by atoms with van der Waals surface area (Å²) in [5.74, 6) is -1.49. The summed E-state index contributed by atoms with van der Waals surface area (Å²) < 4.78 is 45.5. The van der Waals surface area contributed by atoms with Crippen LogP contribution in [0.4, 0.5) is 18.9 Å². The van der Waals surface area contributed by atoms with Crippen molar-refractivity contribution in [2.45, 2.75) is 25.4 Å². The molecule has 3 aromatic carbocycles. The Morgan fingerprint density at radius 3 is 2.53 bits per heavy atom. The van der Waals surface area contributed by atoms with Gasteiger partial charge in [0.25, 0.3) is 5.91 Å². The number of pyridine rings is 1. The molecule has 1 amide bonds. The zero-order valence-electron chi connectivity index (χ0n) is 20.1. The first kappa shape index (κ1) is 25.1. The number of hydrazone groups is 1. The zero-order valence-corrected chi connectivity index (χ0v) is 20.1. The normalized spacial score (nSPS) is 13.0. The number of hydrogen-bond donors (Lipinski definition) is 0. The summed E-state index contributed by atoms with van der Waals surface area (Å²) in [6.07, 6.45) is -0.984. The Balaban J connectivity index is 1.43. The molecule has 1 aromatic heterocycles. The molecule has 6 nitrogen and oxygen atoms in total. The molecule has 1 aliphatic rings. The minimum Gasteiger partial charge on any atom is -0.452 e. The van der Waals surface area contributed by atoms with Crippen molar-refractivity contribution in [1.82, 2.24) is 4.98 Å². The Morgan fingerprint density at radius 1 is 0.974 bits per heavy atom. The third-order valence-electron chi connectivity index (χ3n) is 6.23. The number of alkyl halides is 3. The van der Waals surface area contributed by atoms with Gasteiger partial charge >= 0.3 is 12.1 Å². The van der Waals surface area contributed by atoms with E-state index in [1.807, 2.05) is 12.1 Å². The Bertz CT molecular complexity index is 1530. The first-order valence-corrected chi connectivity index (χ1v) is 12.0. The van der Waals surface area contributed by atoms with E-state index in [-0.39, 0.29) is 5.69 Å². The second-order valence-electron chi connectivity index (χ2n) is 8.77. The van der Waals surface area contributed by atoms with Gasteiger partial charge in [0.1, 0.15) is 0 Å². The minimum absolute atomic E-state index is 0.108. The Labute approximate surface area is 216 Å². The van der Waals surface area contributed by atoms with Crippen molar-refractivity contribution >= 4 is 34.7 Å². The number of amides is 1. The maximum absolute atomic E-state index is 13.3. The van der Waals surface area contributed by atoms with Crippen LogP contribution in [-0.4, -0.2) is 29.7 Å². The lowest BCUT2D eigenvalue weighted by Gasteiger charge is -2.19. The highest BCUT2D eigenvalue weighted by molar-refractivity contribution is 6.06. The van der Waals surface area contributed by atoms with Crippen LogP contribution in [0.3, 0.4) is 0 Å². The van der Waals surface area contributed by atoms with E-state index in [1.165, 1.54) is 18.3 Å². The number of anilines is 1. The van der Waals surface area contributed by atoms with E-state index in [0.29, 0.717) is 28.5 Å². The van der Waals surface area contributed by atoms with Gasteiger partial charge in [-0.25, -0.2) is 4.79 Å². The number of esters is 1. The monoisotopic (exact) mass is 517 g/mol. The fourth-order valence-corrected chi connectivity index (χ4v) is 4.46. The van der Waals surface area contributed by atoms with Gasteiger partial charge in [-0.05, 0) is 54.7 Å². The number of carbonyl (C=O) groups is 2. The Kier molecular flexibility index (Phi) is 6.91. The number of aromatic nitrogens is 1. The average molecular weight is 518 g/mol. The van der Waals surface area contributed by atoms with Crippen LogP contribution in [0.2, 0.25) is 0 Å². The van der Waals surface area contributed by atoms with Gasteiger partial charge in [-0.3, -0.25) is 9.78 Å². The van der Waals surface area contributed by atoms with E-state index in [2.05, 4.69) is 10.1 Å². The lowest BCUT2D eigenvalue weighted by Crippen LogP contribution is -2.31. The molecule has 0 saturated carbocycles. The molecule has 5 rings (SSSR count). The van der Waals surface area contributed by atoms with Gasteiger partial charge in [0, 0.05) is 11.1 Å². The molecule has 1 heterocycles. The molecule has 0 saturated heterocycles. The number of benzene rings is 3. The number of carbonyl (C=O) groups excluding carboxylic acids is 2. The molecule has 0 spiro atoms. The van der Waals surface area contributed by atoms with E-state index in [1.54, 1.807) is 42.5 Å². The predicted molar refractivity (Wildman–Crippen MR) is 137 cm³/mol. The maximum atomic E-state index is 13.3. The summed E-state index contributed by atoms with van der Waals surface area (Å²) in [7, 11) is 0. The van der Waals surface area contributed by atoms with E-state index >= 15 is 0 Å². The van der Waals surface area contributed by atoms with Crippen molar-refractivity contribution in [3.8, 4) is 0 Å². The topological polar surface area (TPSA) is 71.9 Å².